The molecule has 0 saturated carbocycles. The molecule has 1 aromatic carbocycles. The summed E-state index contributed by atoms with van der Waals surface area (Å²) in [5.41, 5.74) is 1.84. The Hall–Kier alpha value is -2.05. The van der Waals surface area contributed by atoms with Crippen molar-refractivity contribution in [3.63, 3.8) is 0 Å². The van der Waals surface area contributed by atoms with Crippen LogP contribution in [0, 0.1) is 6.92 Å². The van der Waals surface area contributed by atoms with Gasteiger partial charge in [0.15, 0.2) is 0 Å². The minimum atomic E-state index is -0.946. The van der Waals surface area contributed by atoms with Crippen LogP contribution in [0.15, 0.2) is 35.7 Å². The largest absolute Gasteiger partial charge is 0.485 e. The van der Waals surface area contributed by atoms with Crippen molar-refractivity contribution >= 4 is 17.4 Å². The molecule has 5 nitrogen and oxygen atoms in total. The van der Waals surface area contributed by atoms with Crippen LogP contribution < -0.4 is 4.74 Å². The molecule has 0 fully saturated rings. The van der Waals surface area contributed by atoms with Gasteiger partial charge < -0.3 is 19.8 Å². The SMILES string of the molecule is Cc1cc(O[C@@H](CCN(C)C(=O)O)c2cccs2)ccc1CO. The van der Waals surface area contributed by atoms with E-state index in [0.29, 0.717) is 13.0 Å². The van der Waals surface area contributed by atoms with Crippen LogP contribution in [0.2, 0.25) is 0 Å². The maximum atomic E-state index is 10.9. The molecule has 2 aromatic rings. The van der Waals surface area contributed by atoms with Gasteiger partial charge in [0.25, 0.3) is 0 Å². The fourth-order valence-electron chi connectivity index (χ4n) is 2.22. The van der Waals surface area contributed by atoms with Crippen molar-refractivity contribution in [2.24, 2.45) is 0 Å². The molecule has 0 aliphatic carbocycles. The van der Waals surface area contributed by atoms with Gasteiger partial charge in [0.05, 0.1) is 6.61 Å². The number of nitrogens with zero attached hydrogens (tertiary/aromatic N) is 1. The Morgan fingerprint density at radius 1 is 1.39 bits per heavy atom. The van der Waals surface area contributed by atoms with Gasteiger partial charge in [-0.1, -0.05) is 12.1 Å². The summed E-state index contributed by atoms with van der Waals surface area (Å²) in [6.07, 6.45) is -0.571. The molecular formula is C17H21NO4S. The molecule has 1 aromatic heterocycles. The summed E-state index contributed by atoms with van der Waals surface area (Å²) in [6.45, 7) is 2.33. The van der Waals surface area contributed by atoms with Gasteiger partial charge in [-0.3, -0.25) is 0 Å². The van der Waals surface area contributed by atoms with E-state index in [9.17, 15) is 9.90 Å². The van der Waals surface area contributed by atoms with Crippen molar-refractivity contribution < 1.29 is 19.7 Å². The summed E-state index contributed by atoms with van der Waals surface area (Å²) in [5, 5.41) is 20.2. The summed E-state index contributed by atoms with van der Waals surface area (Å²) in [7, 11) is 1.55. The molecule has 6 heteroatoms. The molecule has 23 heavy (non-hydrogen) atoms. The Morgan fingerprint density at radius 2 is 2.17 bits per heavy atom. The number of amides is 1. The van der Waals surface area contributed by atoms with Gasteiger partial charge in [0.1, 0.15) is 11.9 Å². The van der Waals surface area contributed by atoms with Crippen LogP contribution in [-0.2, 0) is 6.61 Å². The maximum absolute atomic E-state index is 10.9. The van der Waals surface area contributed by atoms with Gasteiger partial charge in [-0.2, -0.15) is 0 Å². The average molecular weight is 335 g/mol. The molecule has 0 aliphatic rings. The first-order valence-corrected chi connectivity index (χ1v) is 8.23. The lowest BCUT2D eigenvalue weighted by atomic mass is 10.1. The Kier molecular flexibility index (Phi) is 6.01. The predicted octanol–water partition coefficient (Wildman–Crippen LogP) is 3.67. The highest BCUT2D eigenvalue weighted by atomic mass is 32.1. The second-order valence-corrected chi connectivity index (χ2v) is 6.34. The average Bonchev–Trinajstić information content (AvgIpc) is 3.05. The molecule has 2 N–H and O–H groups in total. The first kappa shape index (κ1) is 17.3. The van der Waals surface area contributed by atoms with Crippen LogP contribution in [0.4, 0.5) is 4.79 Å². The van der Waals surface area contributed by atoms with E-state index in [0.717, 1.165) is 21.8 Å². The number of carboxylic acid groups (broad SMARTS) is 1. The summed E-state index contributed by atoms with van der Waals surface area (Å²) in [5.74, 6) is 0.719. The minimum Gasteiger partial charge on any atom is -0.485 e. The number of ether oxygens (including phenoxy) is 1. The number of benzene rings is 1. The molecular weight excluding hydrogens is 314 g/mol. The van der Waals surface area contributed by atoms with Gasteiger partial charge in [0, 0.05) is 24.9 Å². The number of thiophene rings is 1. The van der Waals surface area contributed by atoms with E-state index in [2.05, 4.69) is 0 Å². The van der Waals surface area contributed by atoms with Crippen molar-refractivity contribution in [2.45, 2.75) is 26.1 Å². The van der Waals surface area contributed by atoms with E-state index in [4.69, 9.17) is 9.84 Å². The lowest BCUT2D eigenvalue weighted by Crippen LogP contribution is -2.27. The highest BCUT2D eigenvalue weighted by molar-refractivity contribution is 7.10. The summed E-state index contributed by atoms with van der Waals surface area (Å²) < 4.78 is 6.08. The molecule has 1 heterocycles. The van der Waals surface area contributed by atoms with E-state index < -0.39 is 6.09 Å². The van der Waals surface area contributed by atoms with Gasteiger partial charge in [-0.25, -0.2) is 4.79 Å². The molecule has 0 radical (unpaired) electrons. The highest BCUT2D eigenvalue weighted by Gasteiger charge is 2.17. The van der Waals surface area contributed by atoms with Gasteiger partial charge in [-0.15, -0.1) is 11.3 Å². The van der Waals surface area contributed by atoms with Crippen LogP contribution >= 0.6 is 11.3 Å². The van der Waals surface area contributed by atoms with Crippen molar-refractivity contribution in [2.75, 3.05) is 13.6 Å². The second kappa shape index (κ2) is 7.99. The summed E-state index contributed by atoms with van der Waals surface area (Å²) in [6, 6.07) is 9.52. The number of rotatable bonds is 7. The monoisotopic (exact) mass is 335 g/mol. The van der Waals surface area contributed by atoms with E-state index in [1.54, 1.807) is 18.4 Å². The van der Waals surface area contributed by atoms with Crippen LogP contribution in [0.3, 0.4) is 0 Å². The minimum absolute atomic E-state index is 0.00384. The van der Waals surface area contributed by atoms with Crippen molar-refractivity contribution in [1.29, 1.82) is 0 Å². The Bertz CT molecular complexity index is 642. The van der Waals surface area contributed by atoms with Crippen LogP contribution in [0.5, 0.6) is 5.75 Å². The predicted molar refractivity (Wildman–Crippen MR) is 90.1 cm³/mol. The van der Waals surface area contributed by atoms with Crippen molar-refractivity contribution in [1.82, 2.24) is 4.90 Å². The Balaban J connectivity index is 2.11. The van der Waals surface area contributed by atoms with Gasteiger partial charge in [0.2, 0.25) is 0 Å². The molecule has 0 spiro atoms. The van der Waals surface area contributed by atoms with E-state index >= 15 is 0 Å². The molecule has 0 saturated heterocycles. The molecule has 0 aliphatic heterocycles. The molecule has 1 amide bonds. The highest BCUT2D eigenvalue weighted by Crippen LogP contribution is 2.29. The zero-order valence-electron chi connectivity index (χ0n) is 13.2. The topological polar surface area (TPSA) is 70.0 Å². The lowest BCUT2D eigenvalue weighted by molar-refractivity contribution is 0.141. The molecule has 0 unspecified atom stereocenters. The molecule has 124 valence electrons. The quantitative estimate of drug-likeness (QED) is 0.810. The number of hydrogen-bond acceptors (Lipinski definition) is 4. The van der Waals surface area contributed by atoms with E-state index in [-0.39, 0.29) is 12.7 Å². The Labute approximate surface area is 139 Å². The van der Waals surface area contributed by atoms with E-state index in [1.165, 1.54) is 4.90 Å². The fraction of sp³-hybridized carbons (Fsp3) is 0.353. The number of aliphatic hydroxyl groups excluding tert-OH is 1. The smallest absolute Gasteiger partial charge is 0.407 e. The number of aliphatic hydroxyl groups is 1. The van der Waals surface area contributed by atoms with Crippen LogP contribution in [0.1, 0.15) is 28.5 Å². The maximum Gasteiger partial charge on any atom is 0.407 e. The number of carbonyl (C=O) groups is 1. The van der Waals surface area contributed by atoms with Crippen LogP contribution in [0.25, 0.3) is 0 Å². The second-order valence-electron chi connectivity index (χ2n) is 5.36. The third-order valence-corrected chi connectivity index (χ3v) is 4.64. The first-order chi connectivity index (χ1) is 11.0. The zero-order chi connectivity index (χ0) is 16.8. The lowest BCUT2D eigenvalue weighted by Gasteiger charge is -2.21. The number of aryl methyl sites for hydroxylation is 1. The van der Waals surface area contributed by atoms with Gasteiger partial charge >= 0.3 is 6.09 Å². The zero-order valence-corrected chi connectivity index (χ0v) is 14.0. The fourth-order valence-corrected chi connectivity index (χ4v) is 3.01. The number of hydrogen-bond donors (Lipinski definition) is 2. The normalized spacial score (nSPS) is 12.0. The molecule has 1 atom stereocenters. The standard InChI is InChI=1S/C17H21NO4S/c1-12-10-14(6-5-13(12)11-19)22-15(16-4-3-9-23-16)7-8-18(2)17(20)21/h3-6,9-10,15,19H,7-8,11H2,1-2H3,(H,20,21)/t15-/m0/s1. The first-order valence-electron chi connectivity index (χ1n) is 7.35. The summed E-state index contributed by atoms with van der Waals surface area (Å²) >= 11 is 1.59. The molecule has 0 bridgehead atoms. The third kappa shape index (κ3) is 4.71. The third-order valence-electron chi connectivity index (χ3n) is 3.68. The Morgan fingerprint density at radius 3 is 2.74 bits per heavy atom. The van der Waals surface area contributed by atoms with Crippen molar-refractivity contribution in [3.8, 4) is 5.75 Å². The van der Waals surface area contributed by atoms with Crippen molar-refractivity contribution in [3.05, 3.63) is 51.7 Å². The van der Waals surface area contributed by atoms with E-state index in [1.807, 2.05) is 42.6 Å². The van der Waals surface area contributed by atoms with Gasteiger partial charge in [-0.05, 0) is 41.6 Å². The van der Waals surface area contributed by atoms with Crippen LogP contribution in [-0.4, -0.2) is 34.8 Å². The summed E-state index contributed by atoms with van der Waals surface area (Å²) in [4.78, 5) is 13.3. The molecule has 2 rings (SSSR count).